The molecule has 0 radical (unpaired) electrons. The first kappa shape index (κ1) is 9.77. The van der Waals surface area contributed by atoms with Crippen molar-refractivity contribution in [2.45, 2.75) is 6.92 Å². The van der Waals surface area contributed by atoms with Crippen molar-refractivity contribution in [1.29, 1.82) is 0 Å². The molecular weight excluding hydrogens is 216 g/mol. The van der Waals surface area contributed by atoms with Crippen LogP contribution in [0.3, 0.4) is 0 Å². The molecule has 1 aromatic carbocycles. The number of pyridine rings is 1. The summed E-state index contributed by atoms with van der Waals surface area (Å²) in [6.45, 7) is 1.89. The number of nitrogens with zero attached hydrogens (tertiary/aromatic N) is 4. The molecular formula is C12H10N4O. The van der Waals surface area contributed by atoms with E-state index in [0.29, 0.717) is 5.52 Å². The average Bonchev–Trinajstić information content (AvgIpc) is 2.83. The van der Waals surface area contributed by atoms with Gasteiger partial charge in [0.1, 0.15) is 23.9 Å². The maximum Gasteiger partial charge on any atom is 0.141 e. The number of rotatable bonds is 1. The normalized spacial score (nSPS) is 10.9. The number of aromatic nitrogens is 4. The second kappa shape index (κ2) is 3.55. The van der Waals surface area contributed by atoms with E-state index >= 15 is 0 Å². The second-order valence-electron chi connectivity index (χ2n) is 3.83. The summed E-state index contributed by atoms with van der Waals surface area (Å²) in [6, 6.07) is 7.27. The lowest BCUT2D eigenvalue weighted by Crippen LogP contribution is -1.95. The van der Waals surface area contributed by atoms with Crippen molar-refractivity contribution in [2.75, 3.05) is 0 Å². The largest absolute Gasteiger partial charge is 0.506 e. The van der Waals surface area contributed by atoms with Gasteiger partial charge in [-0.25, -0.2) is 4.98 Å². The highest BCUT2D eigenvalue weighted by Crippen LogP contribution is 2.27. The Labute approximate surface area is 97.4 Å². The van der Waals surface area contributed by atoms with Gasteiger partial charge in [-0.3, -0.25) is 4.57 Å². The molecule has 0 amide bonds. The van der Waals surface area contributed by atoms with Crippen molar-refractivity contribution in [3.05, 3.63) is 42.6 Å². The van der Waals surface area contributed by atoms with Crippen LogP contribution in [0.25, 0.3) is 16.6 Å². The zero-order chi connectivity index (χ0) is 11.8. The van der Waals surface area contributed by atoms with Gasteiger partial charge < -0.3 is 5.11 Å². The lowest BCUT2D eigenvalue weighted by atomic mass is 10.1. The fraction of sp³-hybridized carbons (Fsp3) is 0.0833. The molecule has 0 aliphatic rings. The maximum atomic E-state index is 9.81. The molecule has 1 N–H and O–H groups in total. The number of aryl methyl sites for hydroxylation is 1. The van der Waals surface area contributed by atoms with Crippen LogP contribution in [0.2, 0.25) is 0 Å². The summed E-state index contributed by atoms with van der Waals surface area (Å²) in [7, 11) is 0. The van der Waals surface area contributed by atoms with Crippen LogP contribution in [-0.2, 0) is 0 Å². The van der Waals surface area contributed by atoms with Crippen LogP contribution in [0.4, 0.5) is 0 Å². The molecule has 3 rings (SSSR count). The highest BCUT2D eigenvalue weighted by molar-refractivity contribution is 5.91. The third-order valence-electron chi connectivity index (χ3n) is 2.62. The Morgan fingerprint density at radius 1 is 1.18 bits per heavy atom. The number of hydrogen-bond acceptors (Lipinski definition) is 4. The molecule has 0 unspecified atom stereocenters. The maximum absolute atomic E-state index is 9.81. The van der Waals surface area contributed by atoms with Crippen LogP contribution >= 0.6 is 0 Å². The highest BCUT2D eigenvalue weighted by atomic mass is 16.3. The first-order valence-corrected chi connectivity index (χ1v) is 5.20. The van der Waals surface area contributed by atoms with Gasteiger partial charge in [0.25, 0.3) is 0 Å². The van der Waals surface area contributed by atoms with Crippen molar-refractivity contribution in [2.24, 2.45) is 0 Å². The molecule has 17 heavy (non-hydrogen) atoms. The van der Waals surface area contributed by atoms with Gasteiger partial charge in [0.15, 0.2) is 0 Å². The fourth-order valence-electron chi connectivity index (χ4n) is 1.88. The Morgan fingerprint density at radius 2 is 1.94 bits per heavy atom. The topological polar surface area (TPSA) is 63.8 Å². The summed E-state index contributed by atoms with van der Waals surface area (Å²) in [4.78, 5) is 4.34. The number of fused-ring (bicyclic) bond motifs is 1. The summed E-state index contributed by atoms with van der Waals surface area (Å²) in [5, 5.41) is 18.3. The minimum absolute atomic E-state index is 0.181. The zero-order valence-corrected chi connectivity index (χ0v) is 9.20. The van der Waals surface area contributed by atoms with Crippen molar-refractivity contribution in [3.63, 3.8) is 0 Å². The molecule has 0 saturated heterocycles. The van der Waals surface area contributed by atoms with Crippen LogP contribution in [0.1, 0.15) is 5.69 Å². The second-order valence-corrected chi connectivity index (χ2v) is 3.83. The van der Waals surface area contributed by atoms with Crippen LogP contribution in [0.5, 0.6) is 5.75 Å². The lowest BCUT2D eigenvalue weighted by Gasteiger charge is -2.08. The Bertz CT molecular complexity index is 676. The summed E-state index contributed by atoms with van der Waals surface area (Å²) in [5.74, 6) is 0.181. The quantitative estimate of drug-likeness (QED) is 0.687. The first-order valence-electron chi connectivity index (χ1n) is 5.20. The fourth-order valence-corrected chi connectivity index (χ4v) is 1.88. The molecule has 5 heteroatoms. The Kier molecular flexibility index (Phi) is 2.04. The third-order valence-corrected chi connectivity index (χ3v) is 2.62. The van der Waals surface area contributed by atoms with Gasteiger partial charge in [-0.05, 0) is 19.1 Å². The molecule has 0 bridgehead atoms. The molecule has 0 aliphatic carbocycles. The van der Waals surface area contributed by atoms with E-state index in [-0.39, 0.29) is 5.75 Å². The van der Waals surface area contributed by atoms with E-state index in [1.807, 2.05) is 19.1 Å². The standard InChI is InChI=1S/C12H10N4O/c1-8-5-10(16-6-13-14-7-16)9-3-2-4-11(17)12(9)15-8/h2-7,17H,1H3. The van der Waals surface area contributed by atoms with Crippen LogP contribution in [0.15, 0.2) is 36.9 Å². The van der Waals surface area contributed by atoms with Crippen molar-refractivity contribution >= 4 is 10.9 Å². The molecule has 2 heterocycles. The Hall–Kier alpha value is -2.43. The van der Waals surface area contributed by atoms with E-state index < -0.39 is 0 Å². The highest BCUT2D eigenvalue weighted by Gasteiger charge is 2.08. The molecule has 5 nitrogen and oxygen atoms in total. The van der Waals surface area contributed by atoms with Gasteiger partial charge >= 0.3 is 0 Å². The van der Waals surface area contributed by atoms with Gasteiger partial charge in [0.2, 0.25) is 0 Å². The van der Waals surface area contributed by atoms with Crippen LogP contribution < -0.4 is 0 Å². The van der Waals surface area contributed by atoms with E-state index in [1.165, 1.54) is 0 Å². The van der Waals surface area contributed by atoms with Gasteiger partial charge in [0, 0.05) is 11.1 Å². The molecule has 84 valence electrons. The Morgan fingerprint density at radius 3 is 2.71 bits per heavy atom. The minimum Gasteiger partial charge on any atom is -0.506 e. The van der Waals surface area contributed by atoms with Crippen molar-refractivity contribution in [1.82, 2.24) is 19.7 Å². The molecule has 0 atom stereocenters. The van der Waals surface area contributed by atoms with E-state index in [4.69, 9.17) is 0 Å². The molecule has 0 spiro atoms. The monoisotopic (exact) mass is 226 g/mol. The third kappa shape index (κ3) is 1.52. The zero-order valence-electron chi connectivity index (χ0n) is 9.20. The number of phenolic OH excluding ortho intramolecular Hbond substituents is 1. The van der Waals surface area contributed by atoms with Crippen LogP contribution in [-0.4, -0.2) is 24.9 Å². The summed E-state index contributed by atoms with van der Waals surface area (Å²) in [6.07, 6.45) is 3.25. The summed E-state index contributed by atoms with van der Waals surface area (Å²) < 4.78 is 1.80. The van der Waals surface area contributed by atoms with Gasteiger partial charge in [-0.2, -0.15) is 0 Å². The first-order chi connectivity index (χ1) is 8.25. The lowest BCUT2D eigenvalue weighted by molar-refractivity contribution is 0.480. The smallest absolute Gasteiger partial charge is 0.141 e. The van der Waals surface area contributed by atoms with Gasteiger partial charge in [-0.15, -0.1) is 10.2 Å². The van der Waals surface area contributed by atoms with Crippen LogP contribution in [0, 0.1) is 6.92 Å². The molecule has 0 saturated carbocycles. The van der Waals surface area contributed by atoms with Crippen molar-refractivity contribution < 1.29 is 5.11 Å². The molecule has 3 aromatic rings. The number of benzene rings is 1. The summed E-state index contributed by atoms with van der Waals surface area (Å²) in [5.41, 5.74) is 2.34. The van der Waals surface area contributed by atoms with Gasteiger partial charge in [0.05, 0.1) is 5.69 Å². The van der Waals surface area contributed by atoms with Crippen molar-refractivity contribution in [3.8, 4) is 11.4 Å². The molecule has 0 aliphatic heterocycles. The number of hydrogen-bond donors (Lipinski definition) is 1. The van der Waals surface area contributed by atoms with E-state index in [2.05, 4.69) is 15.2 Å². The number of phenols is 1. The van der Waals surface area contributed by atoms with Gasteiger partial charge in [-0.1, -0.05) is 12.1 Å². The van der Waals surface area contributed by atoms with E-state index in [0.717, 1.165) is 16.8 Å². The minimum atomic E-state index is 0.181. The predicted octanol–water partition coefficient (Wildman–Crippen LogP) is 1.83. The molecule has 0 fully saturated rings. The molecule has 2 aromatic heterocycles. The predicted molar refractivity (Wildman–Crippen MR) is 63.1 cm³/mol. The van der Waals surface area contributed by atoms with E-state index in [1.54, 1.807) is 29.4 Å². The number of aromatic hydroxyl groups is 1. The SMILES string of the molecule is Cc1cc(-n2cnnc2)c2cccc(O)c2n1. The Balaban J connectivity index is 2.42. The average molecular weight is 226 g/mol. The number of para-hydroxylation sites is 1. The van der Waals surface area contributed by atoms with E-state index in [9.17, 15) is 5.11 Å². The summed E-state index contributed by atoms with van der Waals surface area (Å²) >= 11 is 0.